The SMILES string of the molecule is Cc1cc(C)nc(-n2[nH]c(C(=O)N3CCCC3C3CCC3)cc2=O)n1. The van der Waals surface area contributed by atoms with Crippen LogP contribution in [0, 0.1) is 19.8 Å². The fourth-order valence-corrected chi connectivity index (χ4v) is 3.98. The maximum absolute atomic E-state index is 12.9. The fraction of sp³-hybridized carbons (Fsp3) is 0.556. The molecule has 1 unspecified atom stereocenters. The van der Waals surface area contributed by atoms with Crippen LogP contribution in [0.25, 0.3) is 5.95 Å². The lowest BCUT2D eigenvalue weighted by Crippen LogP contribution is -2.42. The molecule has 2 aliphatic rings. The molecular formula is C18H23N5O2. The van der Waals surface area contributed by atoms with Crippen molar-refractivity contribution < 1.29 is 4.79 Å². The normalized spacial score (nSPS) is 20.7. The van der Waals surface area contributed by atoms with Gasteiger partial charge in [0.05, 0.1) is 0 Å². The molecule has 2 aromatic heterocycles. The standard InChI is InChI=1S/C18H23N5O2/c1-11-9-12(2)20-18(19-11)23-16(24)10-14(21-23)17(25)22-8-4-7-15(22)13-5-3-6-13/h9-10,13,15,21H,3-8H2,1-2H3. The van der Waals surface area contributed by atoms with Gasteiger partial charge in [-0.2, -0.15) is 4.68 Å². The summed E-state index contributed by atoms with van der Waals surface area (Å²) in [7, 11) is 0. The van der Waals surface area contributed by atoms with E-state index in [1.165, 1.54) is 30.0 Å². The number of H-pyrrole nitrogens is 1. The summed E-state index contributed by atoms with van der Waals surface area (Å²) in [5, 5.41) is 2.91. The zero-order chi connectivity index (χ0) is 17.6. The molecule has 0 aromatic carbocycles. The van der Waals surface area contributed by atoms with Gasteiger partial charge in [0.2, 0.25) is 0 Å². The van der Waals surface area contributed by atoms with Crippen LogP contribution in [0.2, 0.25) is 0 Å². The summed E-state index contributed by atoms with van der Waals surface area (Å²) in [6.45, 7) is 4.48. The third kappa shape index (κ3) is 2.88. The lowest BCUT2D eigenvalue weighted by molar-refractivity contribution is 0.0620. The van der Waals surface area contributed by atoms with E-state index in [9.17, 15) is 9.59 Å². The highest BCUT2D eigenvalue weighted by Crippen LogP contribution is 2.37. The number of aromatic nitrogens is 4. The number of amides is 1. The zero-order valence-electron chi connectivity index (χ0n) is 14.7. The molecule has 1 aliphatic heterocycles. The average molecular weight is 341 g/mol. The molecule has 4 rings (SSSR count). The second kappa shape index (κ2) is 6.13. The Morgan fingerprint density at radius 3 is 2.48 bits per heavy atom. The van der Waals surface area contributed by atoms with Gasteiger partial charge in [0.1, 0.15) is 5.69 Å². The van der Waals surface area contributed by atoms with Crippen molar-refractivity contribution in [2.45, 2.75) is 52.0 Å². The third-order valence-electron chi connectivity index (χ3n) is 5.38. The summed E-state index contributed by atoms with van der Waals surface area (Å²) in [5.74, 6) is 0.816. The van der Waals surface area contributed by atoms with Gasteiger partial charge in [-0.3, -0.25) is 14.7 Å². The summed E-state index contributed by atoms with van der Waals surface area (Å²) in [5.41, 5.74) is 1.56. The maximum Gasteiger partial charge on any atom is 0.274 e. The molecule has 3 heterocycles. The average Bonchev–Trinajstić information content (AvgIpc) is 3.11. The van der Waals surface area contributed by atoms with Crippen molar-refractivity contribution in [3.63, 3.8) is 0 Å². The van der Waals surface area contributed by atoms with E-state index >= 15 is 0 Å². The topological polar surface area (TPSA) is 83.9 Å². The first kappa shape index (κ1) is 16.1. The van der Waals surface area contributed by atoms with Gasteiger partial charge >= 0.3 is 0 Å². The Morgan fingerprint density at radius 2 is 1.84 bits per heavy atom. The Bertz CT molecular complexity index is 844. The van der Waals surface area contributed by atoms with Crippen LogP contribution in [-0.2, 0) is 0 Å². The Kier molecular flexibility index (Phi) is 3.94. The molecule has 0 bridgehead atoms. The van der Waals surface area contributed by atoms with E-state index in [-0.39, 0.29) is 17.4 Å². The van der Waals surface area contributed by atoms with Crippen molar-refractivity contribution in [1.82, 2.24) is 24.6 Å². The molecule has 2 aromatic rings. The Morgan fingerprint density at radius 1 is 1.12 bits per heavy atom. The van der Waals surface area contributed by atoms with E-state index in [1.54, 1.807) is 0 Å². The fourth-order valence-electron chi connectivity index (χ4n) is 3.98. The van der Waals surface area contributed by atoms with Gasteiger partial charge in [-0.05, 0) is 51.5 Å². The lowest BCUT2D eigenvalue weighted by Gasteiger charge is -2.36. The first-order valence-corrected chi connectivity index (χ1v) is 8.98. The molecule has 7 nitrogen and oxygen atoms in total. The van der Waals surface area contributed by atoms with Crippen LogP contribution >= 0.6 is 0 Å². The van der Waals surface area contributed by atoms with E-state index in [1.807, 2.05) is 24.8 Å². The molecule has 0 radical (unpaired) electrons. The molecule has 1 N–H and O–H groups in total. The van der Waals surface area contributed by atoms with Crippen molar-refractivity contribution in [2.75, 3.05) is 6.54 Å². The summed E-state index contributed by atoms with van der Waals surface area (Å²) >= 11 is 0. The number of aryl methyl sites for hydroxylation is 2. The van der Waals surface area contributed by atoms with Crippen LogP contribution in [0.1, 0.15) is 54.0 Å². The molecule has 1 saturated carbocycles. The highest BCUT2D eigenvalue weighted by molar-refractivity contribution is 5.92. The zero-order valence-corrected chi connectivity index (χ0v) is 14.7. The summed E-state index contributed by atoms with van der Waals surface area (Å²) in [4.78, 5) is 35.8. The van der Waals surface area contributed by atoms with Crippen LogP contribution in [0.15, 0.2) is 16.9 Å². The third-order valence-corrected chi connectivity index (χ3v) is 5.38. The van der Waals surface area contributed by atoms with Crippen molar-refractivity contribution >= 4 is 5.91 Å². The van der Waals surface area contributed by atoms with E-state index in [2.05, 4.69) is 15.1 Å². The lowest BCUT2D eigenvalue weighted by atomic mass is 9.79. The minimum absolute atomic E-state index is 0.0883. The van der Waals surface area contributed by atoms with Crippen molar-refractivity contribution in [1.29, 1.82) is 0 Å². The number of carbonyl (C=O) groups is 1. The predicted octanol–water partition coefficient (Wildman–Crippen LogP) is 1.98. The summed E-state index contributed by atoms with van der Waals surface area (Å²) < 4.78 is 1.25. The quantitative estimate of drug-likeness (QED) is 0.925. The molecule has 1 saturated heterocycles. The number of nitrogens with zero attached hydrogens (tertiary/aromatic N) is 4. The number of nitrogens with one attached hydrogen (secondary N) is 1. The number of likely N-dealkylation sites (tertiary alicyclic amines) is 1. The van der Waals surface area contributed by atoms with Gasteiger partial charge in [-0.1, -0.05) is 6.42 Å². The highest BCUT2D eigenvalue weighted by atomic mass is 16.2. The molecule has 0 spiro atoms. The minimum Gasteiger partial charge on any atom is -0.334 e. The molecule has 25 heavy (non-hydrogen) atoms. The van der Waals surface area contributed by atoms with E-state index in [0.29, 0.717) is 17.7 Å². The molecule has 7 heteroatoms. The first-order chi connectivity index (χ1) is 12.0. The molecule has 1 aliphatic carbocycles. The van der Waals surface area contributed by atoms with Crippen LogP contribution in [0.5, 0.6) is 0 Å². The van der Waals surface area contributed by atoms with Crippen LogP contribution in [0.4, 0.5) is 0 Å². The monoisotopic (exact) mass is 341 g/mol. The molecular weight excluding hydrogens is 318 g/mol. The number of carbonyl (C=O) groups excluding carboxylic acids is 1. The Hall–Kier alpha value is -2.44. The minimum atomic E-state index is -0.312. The first-order valence-electron chi connectivity index (χ1n) is 8.98. The second-order valence-corrected chi connectivity index (χ2v) is 7.19. The predicted molar refractivity (Wildman–Crippen MR) is 92.9 cm³/mol. The largest absolute Gasteiger partial charge is 0.334 e. The molecule has 132 valence electrons. The van der Waals surface area contributed by atoms with Crippen LogP contribution in [-0.4, -0.2) is 43.1 Å². The van der Waals surface area contributed by atoms with Crippen LogP contribution in [0.3, 0.4) is 0 Å². The summed E-state index contributed by atoms with van der Waals surface area (Å²) in [6, 6.07) is 3.53. The van der Waals surface area contributed by atoms with Crippen molar-refractivity contribution in [2.24, 2.45) is 5.92 Å². The van der Waals surface area contributed by atoms with Gasteiger partial charge < -0.3 is 4.90 Å². The Balaban J connectivity index is 1.63. The number of hydrogen-bond donors (Lipinski definition) is 1. The highest BCUT2D eigenvalue weighted by Gasteiger charge is 2.38. The maximum atomic E-state index is 12.9. The van der Waals surface area contributed by atoms with E-state index in [4.69, 9.17) is 0 Å². The van der Waals surface area contributed by atoms with Crippen molar-refractivity contribution in [3.05, 3.63) is 39.6 Å². The summed E-state index contributed by atoms with van der Waals surface area (Å²) in [6.07, 6.45) is 5.80. The smallest absolute Gasteiger partial charge is 0.274 e. The van der Waals surface area contributed by atoms with Crippen molar-refractivity contribution in [3.8, 4) is 5.95 Å². The number of hydrogen-bond acceptors (Lipinski definition) is 4. The van der Waals surface area contributed by atoms with Gasteiger partial charge in [0.25, 0.3) is 17.4 Å². The van der Waals surface area contributed by atoms with Gasteiger partial charge in [-0.15, -0.1) is 0 Å². The van der Waals surface area contributed by atoms with Gasteiger partial charge in [0.15, 0.2) is 0 Å². The van der Waals surface area contributed by atoms with E-state index in [0.717, 1.165) is 30.8 Å². The molecule has 1 atom stereocenters. The number of aromatic amines is 1. The Labute approximate surface area is 146 Å². The number of rotatable bonds is 3. The molecule has 2 fully saturated rings. The van der Waals surface area contributed by atoms with E-state index < -0.39 is 0 Å². The molecule has 1 amide bonds. The second-order valence-electron chi connectivity index (χ2n) is 7.19. The van der Waals surface area contributed by atoms with Crippen LogP contribution < -0.4 is 5.56 Å². The van der Waals surface area contributed by atoms with Gasteiger partial charge in [-0.25, -0.2) is 9.97 Å². The van der Waals surface area contributed by atoms with Gasteiger partial charge in [0, 0.05) is 30.0 Å².